The number of allylic oxidation sites excluding steroid dienone is 2. The van der Waals surface area contributed by atoms with Gasteiger partial charge in [-0.1, -0.05) is 12.2 Å². The number of methoxy groups -OCH3 is 1. The molecule has 0 aliphatic heterocycles. The minimum Gasteiger partial charge on any atom is -0.469 e. The van der Waals surface area contributed by atoms with E-state index in [0.717, 1.165) is 19.3 Å². The molecule has 0 N–H and O–H groups in total. The van der Waals surface area contributed by atoms with Crippen LogP contribution in [0.3, 0.4) is 0 Å². The number of rotatable bonds is 5. The Kier molecular flexibility index (Phi) is 5.73. The third-order valence-electron chi connectivity index (χ3n) is 3.10. The average molecular weight is 239 g/mol. The number of nitrogens with zero attached hydrogens (tertiary/aromatic N) is 1. The van der Waals surface area contributed by atoms with Gasteiger partial charge in [-0.05, 0) is 25.7 Å². The minimum absolute atomic E-state index is 0.128. The molecule has 0 heterocycles. The number of hydrogen-bond donors (Lipinski definition) is 0. The molecule has 17 heavy (non-hydrogen) atoms. The number of esters is 1. The van der Waals surface area contributed by atoms with Crippen molar-refractivity contribution in [2.24, 2.45) is 5.92 Å². The van der Waals surface area contributed by atoms with Crippen LogP contribution in [-0.4, -0.2) is 37.5 Å². The van der Waals surface area contributed by atoms with Gasteiger partial charge in [-0.2, -0.15) is 0 Å². The smallest absolute Gasteiger partial charge is 0.305 e. The van der Waals surface area contributed by atoms with E-state index in [-0.39, 0.29) is 17.8 Å². The van der Waals surface area contributed by atoms with Gasteiger partial charge in [0.25, 0.3) is 0 Å². The van der Waals surface area contributed by atoms with Gasteiger partial charge in [0.05, 0.1) is 7.11 Å². The second kappa shape index (κ2) is 7.09. The molecule has 0 spiro atoms. The van der Waals surface area contributed by atoms with Crippen molar-refractivity contribution in [1.82, 2.24) is 4.90 Å². The Morgan fingerprint density at radius 1 is 1.41 bits per heavy atom. The fourth-order valence-electron chi connectivity index (χ4n) is 2.00. The molecule has 96 valence electrons. The summed E-state index contributed by atoms with van der Waals surface area (Å²) in [5.41, 5.74) is 0. The van der Waals surface area contributed by atoms with Crippen LogP contribution >= 0.6 is 0 Å². The van der Waals surface area contributed by atoms with E-state index in [4.69, 9.17) is 0 Å². The second-order valence-electron chi connectivity index (χ2n) is 4.42. The number of amides is 1. The predicted molar refractivity (Wildman–Crippen MR) is 65.4 cm³/mol. The molecule has 0 saturated carbocycles. The summed E-state index contributed by atoms with van der Waals surface area (Å²) in [7, 11) is 3.18. The molecule has 4 nitrogen and oxygen atoms in total. The standard InChI is InChI=1S/C13H21NO3/c1-14(10-6-9-12(15)17-2)13(16)11-7-4-3-5-8-11/h3-4,11H,5-10H2,1-2H3. The maximum atomic E-state index is 12.0. The summed E-state index contributed by atoms with van der Waals surface area (Å²) < 4.78 is 4.56. The SMILES string of the molecule is COC(=O)CCCN(C)C(=O)C1CC=CCC1. The molecule has 1 rings (SSSR count). The van der Waals surface area contributed by atoms with Crippen LogP contribution in [0.15, 0.2) is 12.2 Å². The lowest BCUT2D eigenvalue weighted by molar-refractivity contribution is -0.141. The molecule has 1 amide bonds. The lowest BCUT2D eigenvalue weighted by atomic mass is 9.93. The van der Waals surface area contributed by atoms with Gasteiger partial charge in [0.2, 0.25) is 5.91 Å². The fraction of sp³-hybridized carbons (Fsp3) is 0.692. The molecule has 0 fully saturated rings. The highest BCUT2D eigenvalue weighted by Crippen LogP contribution is 2.20. The van der Waals surface area contributed by atoms with Crippen LogP contribution in [0, 0.1) is 5.92 Å². The van der Waals surface area contributed by atoms with Crippen molar-refractivity contribution in [3.8, 4) is 0 Å². The molecule has 4 heteroatoms. The first-order valence-corrected chi connectivity index (χ1v) is 6.12. The summed E-state index contributed by atoms with van der Waals surface area (Å²) in [6, 6.07) is 0. The maximum Gasteiger partial charge on any atom is 0.305 e. The van der Waals surface area contributed by atoms with E-state index in [0.29, 0.717) is 19.4 Å². The zero-order valence-corrected chi connectivity index (χ0v) is 10.6. The third-order valence-corrected chi connectivity index (χ3v) is 3.10. The van der Waals surface area contributed by atoms with Gasteiger partial charge in [-0.25, -0.2) is 0 Å². The van der Waals surface area contributed by atoms with E-state index in [9.17, 15) is 9.59 Å². The minimum atomic E-state index is -0.216. The highest BCUT2D eigenvalue weighted by molar-refractivity contribution is 5.79. The summed E-state index contributed by atoms with van der Waals surface area (Å²) >= 11 is 0. The highest BCUT2D eigenvalue weighted by Gasteiger charge is 2.21. The fourth-order valence-corrected chi connectivity index (χ4v) is 2.00. The van der Waals surface area contributed by atoms with Crippen LogP contribution < -0.4 is 0 Å². The molecule has 1 unspecified atom stereocenters. The summed E-state index contributed by atoms with van der Waals surface area (Å²) in [6.07, 6.45) is 8.02. The number of hydrogen-bond acceptors (Lipinski definition) is 3. The first kappa shape index (κ1) is 13.7. The Labute approximate surface area is 103 Å². The quantitative estimate of drug-likeness (QED) is 0.542. The molecule has 1 aliphatic carbocycles. The topological polar surface area (TPSA) is 46.6 Å². The van der Waals surface area contributed by atoms with Gasteiger partial charge < -0.3 is 9.64 Å². The Morgan fingerprint density at radius 3 is 2.76 bits per heavy atom. The molecular formula is C13H21NO3. The van der Waals surface area contributed by atoms with Crippen molar-refractivity contribution in [1.29, 1.82) is 0 Å². The Hall–Kier alpha value is -1.32. The molecule has 1 atom stereocenters. The molecule has 1 aliphatic rings. The van der Waals surface area contributed by atoms with Gasteiger partial charge in [-0.15, -0.1) is 0 Å². The van der Waals surface area contributed by atoms with Gasteiger partial charge in [0.1, 0.15) is 0 Å². The van der Waals surface area contributed by atoms with Gasteiger partial charge in [-0.3, -0.25) is 9.59 Å². The highest BCUT2D eigenvalue weighted by atomic mass is 16.5. The van der Waals surface area contributed by atoms with E-state index in [1.165, 1.54) is 7.11 Å². The first-order chi connectivity index (χ1) is 8.15. The molecule has 0 saturated heterocycles. The molecule has 0 radical (unpaired) electrons. The summed E-state index contributed by atoms with van der Waals surface area (Å²) in [5, 5.41) is 0. The summed E-state index contributed by atoms with van der Waals surface area (Å²) in [4.78, 5) is 24.7. The van der Waals surface area contributed by atoms with Crippen molar-refractivity contribution in [3.63, 3.8) is 0 Å². The Balaban J connectivity index is 2.26. The largest absolute Gasteiger partial charge is 0.469 e. The van der Waals surface area contributed by atoms with Crippen LogP contribution in [0.2, 0.25) is 0 Å². The Bertz CT molecular complexity index is 299. The summed E-state index contributed by atoms with van der Waals surface area (Å²) in [5.74, 6) is 0.105. The maximum absolute atomic E-state index is 12.0. The molecular weight excluding hydrogens is 218 g/mol. The van der Waals surface area contributed by atoms with Crippen LogP contribution in [0.25, 0.3) is 0 Å². The van der Waals surface area contributed by atoms with E-state index in [1.54, 1.807) is 11.9 Å². The van der Waals surface area contributed by atoms with Crippen LogP contribution in [-0.2, 0) is 14.3 Å². The summed E-state index contributed by atoms with van der Waals surface area (Å²) in [6.45, 7) is 0.619. The van der Waals surface area contributed by atoms with Crippen molar-refractivity contribution >= 4 is 11.9 Å². The van der Waals surface area contributed by atoms with Crippen molar-refractivity contribution in [2.45, 2.75) is 32.1 Å². The van der Waals surface area contributed by atoms with Gasteiger partial charge in [0, 0.05) is 25.9 Å². The second-order valence-corrected chi connectivity index (χ2v) is 4.42. The number of carbonyl (C=O) groups excluding carboxylic acids is 2. The lowest BCUT2D eigenvalue weighted by Crippen LogP contribution is -2.34. The average Bonchev–Trinajstić information content (AvgIpc) is 2.38. The zero-order valence-electron chi connectivity index (χ0n) is 10.6. The van der Waals surface area contributed by atoms with Crippen LogP contribution in [0.4, 0.5) is 0 Å². The van der Waals surface area contributed by atoms with E-state index in [2.05, 4.69) is 16.9 Å². The monoisotopic (exact) mass is 239 g/mol. The third kappa shape index (κ3) is 4.59. The van der Waals surface area contributed by atoms with Crippen LogP contribution in [0.5, 0.6) is 0 Å². The van der Waals surface area contributed by atoms with Crippen molar-refractivity contribution in [3.05, 3.63) is 12.2 Å². The molecule has 0 aromatic heterocycles. The molecule has 0 bridgehead atoms. The first-order valence-electron chi connectivity index (χ1n) is 6.12. The molecule has 0 aromatic rings. The normalized spacial score (nSPS) is 18.8. The van der Waals surface area contributed by atoms with Crippen molar-refractivity contribution < 1.29 is 14.3 Å². The lowest BCUT2D eigenvalue weighted by Gasteiger charge is -2.24. The van der Waals surface area contributed by atoms with E-state index in [1.807, 2.05) is 0 Å². The number of carbonyl (C=O) groups is 2. The van der Waals surface area contributed by atoms with E-state index < -0.39 is 0 Å². The zero-order chi connectivity index (χ0) is 12.7. The van der Waals surface area contributed by atoms with Gasteiger partial charge >= 0.3 is 5.97 Å². The van der Waals surface area contributed by atoms with Gasteiger partial charge in [0.15, 0.2) is 0 Å². The van der Waals surface area contributed by atoms with Crippen molar-refractivity contribution in [2.75, 3.05) is 20.7 Å². The Morgan fingerprint density at radius 2 is 2.18 bits per heavy atom. The predicted octanol–water partition coefficient (Wildman–Crippen LogP) is 1.75. The van der Waals surface area contributed by atoms with Crippen LogP contribution in [0.1, 0.15) is 32.1 Å². The number of ether oxygens (including phenoxy) is 1. The molecule has 0 aromatic carbocycles. The van der Waals surface area contributed by atoms with E-state index >= 15 is 0 Å².